The van der Waals surface area contributed by atoms with Crippen molar-refractivity contribution in [2.75, 3.05) is 38.2 Å². The molecule has 120 valence electrons. The van der Waals surface area contributed by atoms with E-state index >= 15 is 0 Å². The molecular weight excluding hydrogens is 296 g/mol. The highest BCUT2D eigenvalue weighted by Crippen LogP contribution is 2.28. The summed E-state index contributed by atoms with van der Waals surface area (Å²) in [4.78, 5) is 26.6. The number of rotatable bonds is 2. The number of ether oxygens (including phenoxy) is 1. The zero-order valence-electron chi connectivity index (χ0n) is 12.9. The van der Waals surface area contributed by atoms with Crippen LogP contribution in [0.4, 0.5) is 10.5 Å². The zero-order valence-corrected chi connectivity index (χ0v) is 12.9. The van der Waals surface area contributed by atoms with Crippen molar-refractivity contribution in [3.05, 3.63) is 42.0 Å². The summed E-state index contributed by atoms with van der Waals surface area (Å²) in [6.45, 7) is 1.94. The van der Waals surface area contributed by atoms with Gasteiger partial charge in [0.15, 0.2) is 0 Å². The van der Waals surface area contributed by atoms with Crippen molar-refractivity contribution < 1.29 is 19.4 Å². The molecule has 6 heteroatoms. The van der Waals surface area contributed by atoms with Gasteiger partial charge in [0.2, 0.25) is 0 Å². The van der Waals surface area contributed by atoms with Gasteiger partial charge in [-0.25, -0.2) is 9.59 Å². The Kier molecular flexibility index (Phi) is 4.06. The van der Waals surface area contributed by atoms with Crippen LogP contribution < -0.4 is 4.90 Å². The van der Waals surface area contributed by atoms with Crippen LogP contribution in [0, 0.1) is 0 Å². The lowest BCUT2D eigenvalue weighted by Crippen LogP contribution is -2.48. The minimum atomic E-state index is -0.906. The fraction of sp³-hybridized carbons (Fsp3) is 0.294. The maximum atomic E-state index is 12.1. The van der Waals surface area contributed by atoms with Gasteiger partial charge < -0.3 is 19.6 Å². The molecule has 1 amide bonds. The number of carbonyl (C=O) groups is 2. The normalized spacial score (nSPS) is 14.8. The highest BCUT2D eigenvalue weighted by atomic mass is 16.5. The number of amides is 1. The van der Waals surface area contributed by atoms with Crippen molar-refractivity contribution in [2.24, 2.45) is 0 Å². The first-order chi connectivity index (χ1) is 11.1. The maximum absolute atomic E-state index is 12.1. The molecule has 0 aliphatic carbocycles. The average Bonchev–Trinajstić information content (AvgIpc) is 2.60. The number of methoxy groups -OCH3 is 1. The van der Waals surface area contributed by atoms with Crippen LogP contribution in [0.3, 0.4) is 0 Å². The van der Waals surface area contributed by atoms with Gasteiger partial charge in [-0.15, -0.1) is 0 Å². The molecule has 0 saturated carbocycles. The second-order valence-corrected chi connectivity index (χ2v) is 5.46. The van der Waals surface area contributed by atoms with E-state index < -0.39 is 6.09 Å². The third-order valence-electron chi connectivity index (χ3n) is 4.16. The monoisotopic (exact) mass is 314 g/mol. The van der Waals surface area contributed by atoms with Gasteiger partial charge in [0.1, 0.15) is 0 Å². The van der Waals surface area contributed by atoms with Gasteiger partial charge in [-0.2, -0.15) is 0 Å². The van der Waals surface area contributed by atoms with Gasteiger partial charge in [0.25, 0.3) is 0 Å². The number of esters is 1. The minimum absolute atomic E-state index is 0.383. The van der Waals surface area contributed by atoms with Crippen LogP contribution in [-0.2, 0) is 4.74 Å². The Labute approximate surface area is 133 Å². The van der Waals surface area contributed by atoms with E-state index in [1.165, 1.54) is 12.0 Å². The summed E-state index contributed by atoms with van der Waals surface area (Å²) < 4.78 is 4.91. The van der Waals surface area contributed by atoms with Crippen LogP contribution >= 0.6 is 0 Å². The molecule has 0 unspecified atom stereocenters. The largest absolute Gasteiger partial charge is 0.465 e. The molecule has 3 rings (SSSR count). The molecule has 1 saturated heterocycles. The lowest BCUT2D eigenvalue weighted by Gasteiger charge is -2.35. The van der Waals surface area contributed by atoms with E-state index in [9.17, 15) is 9.59 Å². The Morgan fingerprint density at radius 2 is 1.65 bits per heavy atom. The van der Waals surface area contributed by atoms with Crippen molar-refractivity contribution in [3.8, 4) is 0 Å². The van der Waals surface area contributed by atoms with Crippen LogP contribution in [0.5, 0.6) is 0 Å². The van der Waals surface area contributed by atoms with Gasteiger partial charge in [0.05, 0.1) is 18.4 Å². The van der Waals surface area contributed by atoms with E-state index in [1.54, 1.807) is 0 Å². The number of anilines is 1. The van der Waals surface area contributed by atoms with E-state index in [2.05, 4.69) is 0 Å². The second-order valence-electron chi connectivity index (χ2n) is 5.46. The molecule has 1 aliphatic rings. The lowest BCUT2D eigenvalue weighted by molar-refractivity contribution is 0.0601. The molecule has 2 aromatic rings. The molecule has 6 nitrogen and oxygen atoms in total. The van der Waals surface area contributed by atoms with Gasteiger partial charge in [0, 0.05) is 26.2 Å². The molecule has 23 heavy (non-hydrogen) atoms. The smallest absolute Gasteiger partial charge is 0.407 e. The van der Waals surface area contributed by atoms with E-state index in [4.69, 9.17) is 9.84 Å². The molecule has 0 aromatic heterocycles. The molecule has 1 heterocycles. The molecule has 0 radical (unpaired) electrons. The first kappa shape index (κ1) is 15.1. The lowest BCUT2D eigenvalue weighted by atomic mass is 10.0. The quantitative estimate of drug-likeness (QED) is 0.862. The Hall–Kier alpha value is -2.76. The average molecular weight is 314 g/mol. The van der Waals surface area contributed by atoms with Crippen LogP contribution in [0.1, 0.15) is 10.4 Å². The molecular formula is C17H18N2O4. The summed E-state index contributed by atoms with van der Waals surface area (Å²) in [6.07, 6.45) is -0.906. The van der Waals surface area contributed by atoms with Crippen molar-refractivity contribution in [1.82, 2.24) is 4.90 Å². The van der Waals surface area contributed by atoms with E-state index in [0.29, 0.717) is 31.7 Å². The molecule has 0 bridgehead atoms. The van der Waals surface area contributed by atoms with E-state index in [0.717, 1.165) is 16.5 Å². The number of carbonyl (C=O) groups excluding carboxylic acids is 1. The Morgan fingerprint density at radius 3 is 2.22 bits per heavy atom. The number of piperazine rings is 1. The fourth-order valence-corrected chi connectivity index (χ4v) is 2.90. The van der Waals surface area contributed by atoms with Crippen LogP contribution in [0.25, 0.3) is 10.8 Å². The first-order valence-electron chi connectivity index (χ1n) is 7.44. The van der Waals surface area contributed by atoms with Crippen LogP contribution in [0.15, 0.2) is 36.4 Å². The summed E-state index contributed by atoms with van der Waals surface area (Å²) in [5.41, 5.74) is 1.30. The van der Waals surface area contributed by atoms with Gasteiger partial charge >= 0.3 is 12.1 Å². The van der Waals surface area contributed by atoms with Gasteiger partial charge in [-0.05, 0) is 22.9 Å². The summed E-state index contributed by atoms with van der Waals surface area (Å²) in [5.74, 6) is -0.383. The molecule has 1 fully saturated rings. The fourth-order valence-electron chi connectivity index (χ4n) is 2.90. The summed E-state index contributed by atoms with van der Waals surface area (Å²) in [5, 5.41) is 11.1. The predicted octanol–water partition coefficient (Wildman–Crippen LogP) is 2.43. The third kappa shape index (κ3) is 2.92. The number of hydrogen-bond acceptors (Lipinski definition) is 4. The third-order valence-corrected chi connectivity index (χ3v) is 4.16. The van der Waals surface area contributed by atoms with Crippen molar-refractivity contribution >= 4 is 28.5 Å². The summed E-state index contributed by atoms with van der Waals surface area (Å²) in [6, 6.07) is 11.6. The SMILES string of the molecule is COC(=O)c1cc2ccccc2cc1N1CCN(C(=O)O)CC1. The minimum Gasteiger partial charge on any atom is -0.465 e. The van der Waals surface area contributed by atoms with Crippen molar-refractivity contribution in [1.29, 1.82) is 0 Å². The molecule has 0 atom stereocenters. The molecule has 0 spiro atoms. The number of fused-ring (bicyclic) bond motifs is 1. The number of carboxylic acid groups (broad SMARTS) is 1. The highest BCUT2D eigenvalue weighted by Gasteiger charge is 2.24. The Balaban J connectivity index is 1.98. The number of hydrogen-bond donors (Lipinski definition) is 1. The van der Waals surface area contributed by atoms with Crippen LogP contribution in [-0.4, -0.2) is 55.4 Å². The predicted molar refractivity (Wildman–Crippen MR) is 87.1 cm³/mol. The first-order valence-corrected chi connectivity index (χ1v) is 7.44. The van der Waals surface area contributed by atoms with E-state index in [1.807, 2.05) is 41.3 Å². The van der Waals surface area contributed by atoms with Gasteiger partial charge in [-0.3, -0.25) is 0 Å². The Morgan fingerprint density at radius 1 is 1.04 bits per heavy atom. The maximum Gasteiger partial charge on any atom is 0.407 e. The zero-order chi connectivity index (χ0) is 16.4. The van der Waals surface area contributed by atoms with Crippen molar-refractivity contribution in [3.63, 3.8) is 0 Å². The topological polar surface area (TPSA) is 70.1 Å². The summed E-state index contributed by atoms with van der Waals surface area (Å²) >= 11 is 0. The molecule has 1 aliphatic heterocycles. The molecule has 2 aromatic carbocycles. The van der Waals surface area contributed by atoms with Gasteiger partial charge in [-0.1, -0.05) is 24.3 Å². The number of benzene rings is 2. The van der Waals surface area contributed by atoms with Crippen LogP contribution in [0.2, 0.25) is 0 Å². The van der Waals surface area contributed by atoms with E-state index in [-0.39, 0.29) is 5.97 Å². The molecule has 1 N–H and O–H groups in total. The Bertz CT molecular complexity index is 751. The number of nitrogens with zero attached hydrogens (tertiary/aromatic N) is 2. The second kappa shape index (κ2) is 6.16. The summed E-state index contributed by atoms with van der Waals surface area (Å²) in [7, 11) is 1.36. The highest BCUT2D eigenvalue weighted by molar-refractivity contribution is 6.02. The standard InChI is InChI=1S/C17H18N2O4/c1-23-16(20)14-10-12-4-2-3-5-13(12)11-15(14)18-6-8-19(9-7-18)17(21)22/h2-5,10-11H,6-9H2,1H3,(H,21,22). The van der Waals surface area contributed by atoms with Crippen molar-refractivity contribution in [2.45, 2.75) is 0 Å².